The van der Waals surface area contributed by atoms with E-state index in [9.17, 15) is 17.7 Å². The molecular weight excluding hydrogens is 306 g/mol. The van der Waals surface area contributed by atoms with Gasteiger partial charge in [0.25, 0.3) is 0 Å². The minimum Gasteiger partial charge on any atom is -0.308 e. The number of hydrogen-bond donors (Lipinski definition) is 1. The topological polar surface area (TPSA) is 57.5 Å². The Morgan fingerprint density at radius 2 is 1.71 bits per heavy atom. The van der Waals surface area contributed by atoms with Crippen LogP contribution in [0, 0.1) is 0 Å². The van der Waals surface area contributed by atoms with Gasteiger partial charge in [-0.2, -0.15) is 13.2 Å². The lowest BCUT2D eigenvalue weighted by molar-refractivity contribution is -0.163. The highest BCUT2D eigenvalue weighted by Gasteiger charge is 2.78. The largest absolute Gasteiger partial charge is 0.413 e. The molecule has 21 heavy (non-hydrogen) atoms. The molecule has 0 aromatic heterocycles. The van der Waals surface area contributed by atoms with Crippen LogP contribution in [0.1, 0.15) is 19.4 Å². The van der Waals surface area contributed by atoms with Gasteiger partial charge in [0.05, 0.1) is 13.2 Å². The maximum Gasteiger partial charge on any atom is 0.413 e. The normalized spacial score (nSPS) is 25.9. The summed E-state index contributed by atoms with van der Waals surface area (Å²) in [5, 5.41) is 2.31. The average molecular weight is 323 g/mol. The van der Waals surface area contributed by atoms with Crippen molar-refractivity contribution in [2.75, 3.05) is 13.2 Å². The Labute approximate surface area is 121 Å². The lowest BCUT2D eigenvalue weighted by atomic mass is 9.99. The third-order valence-corrected chi connectivity index (χ3v) is 5.69. The molecule has 2 rings (SSSR count). The van der Waals surface area contributed by atoms with Crippen molar-refractivity contribution in [2.45, 2.75) is 31.3 Å². The zero-order valence-corrected chi connectivity index (χ0v) is 12.6. The van der Waals surface area contributed by atoms with Gasteiger partial charge >= 0.3 is 13.8 Å². The predicted octanol–water partition coefficient (Wildman–Crippen LogP) is 3.64. The molecule has 1 saturated heterocycles. The monoisotopic (exact) mass is 323 g/mol. The van der Waals surface area contributed by atoms with Gasteiger partial charge in [-0.3, -0.25) is 9.88 Å². The van der Waals surface area contributed by atoms with Gasteiger partial charge in [0.15, 0.2) is 5.54 Å². The summed E-state index contributed by atoms with van der Waals surface area (Å²) >= 11 is 0. The molecule has 1 aromatic rings. The van der Waals surface area contributed by atoms with Crippen molar-refractivity contribution in [3.8, 4) is 0 Å². The van der Waals surface area contributed by atoms with Crippen molar-refractivity contribution in [1.82, 2.24) is 5.32 Å². The molecule has 118 valence electrons. The number of halogens is 3. The minimum absolute atomic E-state index is 0.00197. The average Bonchev–Trinajstić information content (AvgIpc) is 3.17. The van der Waals surface area contributed by atoms with E-state index in [4.69, 9.17) is 9.05 Å². The Kier molecular flexibility index (Phi) is 4.49. The molecular formula is C13H17F3NO3P. The lowest BCUT2D eigenvalue weighted by Gasteiger charge is -2.22. The molecule has 0 aliphatic carbocycles. The van der Waals surface area contributed by atoms with E-state index in [1.165, 1.54) is 24.3 Å². The highest BCUT2D eigenvalue weighted by atomic mass is 31.2. The summed E-state index contributed by atoms with van der Waals surface area (Å²) in [4.78, 5) is 0. The molecule has 0 bridgehead atoms. The van der Waals surface area contributed by atoms with Crippen molar-refractivity contribution < 1.29 is 26.8 Å². The number of nitrogens with one attached hydrogen (secondary N) is 1. The molecule has 0 amide bonds. The third kappa shape index (κ3) is 2.75. The van der Waals surface area contributed by atoms with E-state index in [0.717, 1.165) is 0 Å². The molecule has 1 N–H and O–H groups in total. The number of rotatable bonds is 6. The molecule has 8 heteroatoms. The fourth-order valence-corrected chi connectivity index (χ4v) is 4.60. The van der Waals surface area contributed by atoms with Crippen LogP contribution in [-0.4, -0.2) is 25.2 Å². The summed E-state index contributed by atoms with van der Waals surface area (Å²) in [7, 11) is -3.89. The standard InChI is InChI=1S/C13H17F3NO3P/c1-3-19-21(18,20-4-2)11-12(17-11,13(14,15)16)10-8-6-5-7-9-10/h5-9,11,17H,3-4H2,1-2H3/t11-,12-/m0/s1. The van der Waals surface area contributed by atoms with Crippen LogP contribution in [0.15, 0.2) is 30.3 Å². The first-order valence-corrected chi connectivity index (χ1v) is 8.21. The van der Waals surface area contributed by atoms with Gasteiger partial charge in [0.2, 0.25) is 0 Å². The van der Waals surface area contributed by atoms with Crippen molar-refractivity contribution in [3.05, 3.63) is 35.9 Å². The van der Waals surface area contributed by atoms with E-state index in [0.29, 0.717) is 0 Å². The molecule has 0 spiro atoms. The first kappa shape index (κ1) is 16.5. The Morgan fingerprint density at radius 3 is 2.14 bits per heavy atom. The second-order valence-corrected chi connectivity index (χ2v) is 6.71. The van der Waals surface area contributed by atoms with Crippen LogP contribution >= 0.6 is 7.60 Å². The Balaban J connectivity index is 2.42. The van der Waals surface area contributed by atoms with Gasteiger partial charge < -0.3 is 9.05 Å². The molecule has 1 fully saturated rings. The Morgan fingerprint density at radius 1 is 1.19 bits per heavy atom. The van der Waals surface area contributed by atoms with Gasteiger partial charge in [0.1, 0.15) is 5.78 Å². The molecule has 1 aliphatic rings. The number of benzene rings is 1. The summed E-state index contributed by atoms with van der Waals surface area (Å²) < 4.78 is 63.3. The van der Waals surface area contributed by atoms with Crippen molar-refractivity contribution in [2.24, 2.45) is 0 Å². The highest BCUT2D eigenvalue weighted by Crippen LogP contribution is 2.68. The lowest BCUT2D eigenvalue weighted by Crippen LogP contribution is -2.34. The first-order valence-electron chi connectivity index (χ1n) is 6.60. The molecule has 1 heterocycles. The number of hydrogen-bond acceptors (Lipinski definition) is 4. The smallest absolute Gasteiger partial charge is 0.308 e. The second-order valence-electron chi connectivity index (χ2n) is 4.59. The first-order chi connectivity index (χ1) is 9.82. The van der Waals surface area contributed by atoms with Gasteiger partial charge in [-0.05, 0) is 19.4 Å². The molecule has 0 radical (unpaired) electrons. The summed E-state index contributed by atoms with van der Waals surface area (Å²) in [6, 6.07) is 7.33. The summed E-state index contributed by atoms with van der Waals surface area (Å²) in [6.07, 6.45) is -4.61. The highest BCUT2D eigenvalue weighted by molar-refractivity contribution is 7.55. The maximum absolute atomic E-state index is 13.5. The minimum atomic E-state index is -4.61. The van der Waals surface area contributed by atoms with Crippen LogP contribution in [0.2, 0.25) is 0 Å². The molecule has 0 unspecified atom stereocenters. The number of alkyl halides is 3. The van der Waals surface area contributed by atoms with E-state index in [2.05, 4.69) is 5.32 Å². The molecule has 4 nitrogen and oxygen atoms in total. The molecule has 1 aliphatic heterocycles. The molecule has 2 atom stereocenters. The van der Waals surface area contributed by atoms with Crippen LogP contribution in [0.4, 0.5) is 13.2 Å². The van der Waals surface area contributed by atoms with Crippen LogP contribution < -0.4 is 5.32 Å². The fraction of sp³-hybridized carbons (Fsp3) is 0.538. The van der Waals surface area contributed by atoms with Crippen LogP contribution in [-0.2, 0) is 19.2 Å². The van der Waals surface area contributed by atoms with Crippen LogP contribution in [0.5, 0.6) is 0 Å². The van der Waals surface area contributed by atoms with Crippen molar-refractivity contribution >= 4 is 7.60 Å². The SMILES string of the molecule is CCOP(=O)(OCC)[C@@H]1N[C@]1(c1ccccc1)C(F)(F)F. The summed E-state index contributed by atoms with van der Waals surface area (Å²) in [5.74, 6) is -1.42. The summed E-state index contributed by atoms with van der Waals surface area (Å²) in [5.41, 5.74) is -2.38. The zero-order valence-electron chi connectivity index (χ0n) is 11.7. The van der Waals surface area contributed by atoms with E-state index < -0.39 is 25.1 Å². The van der Waals surface area contributed by atoms with E-state index in [-0.39, 0.29) is 18.8 Å². The van der Waals surface area contributed by atoms with E-state index >= 15 is 0 Å². The zero-order chi connectivity index (χ0) is 15.7. The molecule has 1 aromatic carbocycles. The van der Waals surface area contributed by atoms with Crippen molar-refractivity contribution in [1.29, 1.82) is 0 Å². The van der Waals surface area contributed by atoms with Crippen LogP contribution in [0.3, 0.4) is 0 Å². The van der Waals surface area contributed by atoms with Crippen molar-refractivity contribution in [3.63, 3.8) is 0 Å². The van der Waals surface area contributed by atoms with Gasteiger partial charge in [0, 0.05) is 0 Å². The van der Waals surface area contributed by atoms with Gasteiger partial charge in [-0.15, -0.1) is 0 Å². The molecule has 0 saturated carbocycles. The predicted molar refractivity (Wildman–Crippen MR) is 72.0 cm³/mol. The summed E-state index contributed by atoms with van der Waals surface area (Å²) in [6.45, 7) is 3.15. The second kappa shape index (κ2) is 5.72. The van der Waals surface area contributed by atoms with E-state index in [1.807, 2.05) is 0 Å². The van der Waals surface area contributed by atoms with Gasteiger partial charge in [-0.25, -0.2) is 0 Å². The van der Waals surface area contributed by atoms with Crippen LogP contribution in [0.25, 0.3) is 0 Å². The maximum atomic E-state index is 13.5. The van der Waals surface area contributed by atoms with E-state index in [1.54, 1.807) is 19.9 Å². The third-order valence-electron chi connectivity index (χ3n) is 3.30. The van der Waals surface area contributed by atoms with Gasteiger partial charge in [-0.1, -0.05) is 30.3 Å². The Hall–Kier alpha value is -0.880. The quantitative estimate of drug-likeness (QED) is 0.641. The Bertz CT molecular complexity index is 527. The fourth-order valence-electron chi connectivity index (χ4n) is 2.38.